The van der Waals surface area contributed by atoms with E-state index >= 15 is 0 Å². The highest BCUT2D eigenvalue weighted by molar-refractivity contribution is 5.94. The van der Waals surface area contributed by atoms with E-state index < -0.39 is 5.82 Å². The van der Waals surface area contributed by atoms with Crippen molar-refractivity contribution in [1.82, 2.24) is 10.2 Å². The highest BCUT2D eigenvalue weighted by atomic mass is 19.1. The molecule has 0 bridgehead atoms. The summed E-state index contributed by atoms with van der Waals surface area (Å²) in [4.78, 5) is 13.1. The first-order chi connectivity index (χ1) is 8.97. The van der Waals surface area contributed by atoms with Gasteiger partial charge in [-0.05, 0) is 45.3 Å². The zero-order valence-corrected chi connectivity index (χ0v) is 12.7. The molecule has 0 aliphatic rings. The summed E-state index contributed by atoms with van der Waals surface area (Å²) >= 11 is 0. The molecule has 0 saturated heterocycles. The predicted octanol–water partition coefficient (Wildman–Crippen LogP) is 3.22. The molecule has 1 aromatic carbocycles. The summed E-state index contributed by atoms with van der Waals surface area (Å²) in [7, 11) is 3.84. The Labute approximate surface area is 115 Å². The molecule has 0 aliphatic heterocycles. The second-order valence-corrected chi connectivity index (χ2v) is 4.22. The van der Waals surface area contributed by atoms with Crippen LogP contribution in [0, 0.1) is 5.82 Å². The van der Waals surface area contributed by atoms with Crippen molar-refractivity contribution < 1.29 is 9.18 Å². The number of ketones is 1. The molecule has 0 spiro atoms. The second-order valence-electron chi connectivity index (χ2n) is 4.22. The average molecular weight is 268 g/mol. The van der Waals surface area contributed by atoms with E-state index in [1.165, 1.54) is 13.0 Å². The molecule has 0 aromatic heterocycles. The van der Waals surface area contributed by atoms with E-state index in [0.717, 1.165) is 12.1 Å². The zero-order valence-electron chi connectivity index (χ0n) is 12.7. The van der Waals surface area contributed by atoms with E-state index in [-0.39, 0.29) is 17.5 Å². The van der Waals surface area contributed by atoms with Crippen LogP contribution < -0.4 is 5.32 Å². The van der Waals surface area contributed by atoms with Gasteiger partial charge in [0.1, 0.15) is 5.82 Å². The molecule has 3 nitrogen and oxygen atoms in total. The van der Waals surface area contributed by atoms with Gasteiger partial charge in [0.2, 0.25) is 0 Å². The molecule has 1 unspecified atom stereocenters. The maximum atomic E-state index is 13.7. The third-order valence-electron chi connectivity index (χ3n) is 2.60. The van der Waals surface area contributed by atoms with Crippen LogP contribution in [0.3, 0.4) is 0 Å². The van der Waals surface area contributed by atoms with Crippen molar-refractivity contribution in [1.29, 1.82) is 0 Å². The lowest BCUT2D eigenvalue weighted by Crippen LogP contribution is -2.33. The van der Waals surface area contributed by atoms with Crippen molar-refractivity contribution in [3.8, 4) is 0 Å². The minimum atomic E-state index is -0.459. The SMILES string of the molecule is CC.CCNC(c1ccc(C(C)=O)c(F)c1)N(C)C. The zero-order chi connectivity index (χ0) is 15.0. The van der Waals surface area contributed by atoms with Gasteiger partial charge in [-0.2, -0.15) is 0 Å². The predicted molar refractivity (Wildman–Crippen MR) is 77.9 cm³/mol. The molecule has 1 atom stereocenters. The summed E-state index contributed by atoms with van der Waals surface area (Å²) in [5.74, 6) is -0.710. The Bertz CT molecular complexity index is 405. The van der Waals surface area contributed by atoms with Crippen molar-refractivity contribution in [2.75, 3.05) is 20.6 Å². The quantitative estimate of drug-likeness (QED) is 0.657. The summed E-state index contributed by atoms with van der Waals surface area (Å²) in [6.07, 6.45) is -0.0458. The van der Waals surface area contributed by atoms with Crippen LogP contribution in [-0.2, 0) is 0 Å². The van der Waals surface area contributed by atoms with Crippen molar-refractivity contribution in [3.05, 3.63) is 35.1 Å². The van der Waals surface area contributed by atoms with E-state index in [1.807, 2.05) is 39.8 Å². The van der Waals surface area contributed by atoms with Crippen LogP contribution in [0.5, 0.6) is 0 Å². The van der Waals surface area contributed by atoms with Gasteiger partial charge in [0.25, 0.3) is 0 Å². The number of Topliss-reactive ketones (excluding diaryl/α,β-unsaturated/α-hetero) is 1. The number of carbonyl (C=O) groups is 1. The lowest BCUT2D eigenvalue weighted by molar-refractivity contribution is 0.101. The molecule has 0 radical (unpaired) electrons. The first-order valence-electron chi connectivity index (χ1n) is 6.67. The minimum absolute atomic E-state index is 0.0458. The third kappa shape index (κ3) is 5.09. The number of carbonyl (C=O) groups excluding carboxylic acids is 1. The monoisotopic (exact) mass is 268 g/mol. The van der Waals surface area contributed by atoms with Gasteiger partial charge in [-0.25, -0.2) is 4.39 Å². The van der Waals surface area contributed by atoms with Crippen LogP contribution in [0.25, 0.3) is 0 Å². The number of halogens is 1. The molecule has 1 aromatic rings. The van der Waals surface area contributed by atoms with Crippen LogP contribution in [-0.4, -0.2) is 31.3 Å². The van der Waals surface area contributed by atoms with Crippen LogP contribution in [0.1, 0.15) is 49.8 Å². The Morgan fingerprint density at radius 2 is 1.95 bits per heavy atom. The van der Waals surface area contributed by atoms with E-state index in [0.29, 0.717) is 0 Å². The third-order valence-corrected chi connectivity index (χ3v) is 2.60. The molecular weight excluding hydrogens is 243 g/mol. The number of hydrogen-bond acceptors (Lipinski definition) is 3. The number of rotatable bonds is 5. The molecule has 0 heterocycles. The molecule has 0 fully saturated rings. The molecule has 1 rings (SSSR count). The minimum Gasteiger partial charge on any atom is -0.298 e. The summed E-state index contributed by atoms with van der Waals surface area (Å²) in [6.45, 7) is 8.15. The second kappa shape index (κ2) is 8.77. The highest BCUT2D eigenvalue weighted by Gasteiger charge is 2.15. The summed E-state index contributed by atoms with van der Waals surface area (Å²) in [6, 6.07) is 4.75. The fraction of sp³-hybridized carbons (Fsp3) is 0.533. The molecule has 0 saturated carbocycles. The molecule has 0 aliphatic carbocycles. The topological polar surface area (TPSA) is 32.3 Å². The first-order valence-corrected chi connectivity index (χ1v) is 6.67. The molecule has 0 amide bonds. The Morgan fingerprint density at radius 1 is 1.37 bits per heavy atom. The fourth-order valence-corrected chi connectivity index (χ4v) is 1.78. The van der Waals surface area contributed by atoms with E-state index in [4.69, 9.17) is 0 Å². The standard InChI is InChI=1S/C13H19FN2O.C2H6/c1-5-15-13(16(3)4)10-6-7-11(9(2)17)12(14)8-10;1-2/h6-8,13,15H,5H2,1-4H3;1-2H3. The lowest BCUT2D eigenvalue weighted by Gasteiger charge is -2.25. The Hall–Kier alpha value is -1.26. The van der Waals surface area contributed by atoms with Gasteiger partial charge in [-0.15, -0.1) is 0 Å². The molecule has 4 heteroatoms. The van der Waals surface area contributed by atoms with Gasteiger partial charge in [-0.3, -0.25) is 15.0 Å². The highest BCUT2D eigenvalue weighted by Crippen LogP contribution is 2.19. The normalized spacial score (nSPS) is 11.8. The van der Waals surface area contributed by atoms with Gasteiger partial charge >= 0.3 is 0 Å². The van der Waals surface area contributed by atoms with Crippen LogP contribution in [0.15, 0.2) is 18.2 Å². The number of benzene rings is 1. The molecule has 1 N–H and O–H groups in total. The Morgan fingerprint density at radius 3 is 2.32 bits per heavy atom. The maximum absolute atomic E-state index is 13.7. The Balaban J connectivity index is 0.00000154. The Kier molecular flexibility index (Phi) is 8.19. The number of nitrogens with zero attached hydrogens (tertiary/aromatic N) is 1. The van der Waals surface area contributed by atoms with E-state index in [1.54, 1.807) is 12.1 Å². The first kappa shape index (κ1) is 17.7. The van der Waals surface area contributed by atoms with E-state index in [9.17, 15) is 9.18 Å². The van der Waals surface area contributed by atoms with Crippen LogP contribution >= 0.6 is 0 Å². The van der Waals surface area contributed by atoms with Gasteiger partial charge in [0.05, 0.1) is 11.7 Å². The average Bonchev–Trinajstić information content (AvgIpc) is 2.37. The van der Waals surface area contributed by atoms with Gasteiger partial charge in [0, 0.05) is 0 Å². The molecule has 108 valence electrons. The number of hydrogen-bond donors (Lipinski definition) is 1. The summed E-state index contributed by atoms with van der Waals surface area (Å²) in [5.41, 5.74) is 0.960. The van der Waals surface area contributed by atoms with Crippen molar-refractivity contribution in [3.63, 3.8) is 0 Å². The van der Waals surface area contributed by atoms with Gasteiger partial charge < -0.3 is 0 Å². The van der Waals surface area contributed by atoms with Crippen molar-refractivity contribution in [2.45, 2.75) is 33.9 Å². The number of nitrogens with one attached hydrogen (secondary N) is 1. The van der Waals surface area contributed by atoms with Crippen molar-refractivity contribution in [2.24, 2.45) is 0 Å². The largest absolute Gasteiger partial charge is 0.298 e. The van der Waals surface area contributed by atoms with Crippen LogP contribution in [0.4, 0.5) is 4.39 Å². The van der Waals surface area contributed by atoms with Gasteiger partial charge in [-0.1, -0.05) is 26.8 Å². The molecular formula is C15H25FN2O. The maximum Gasteiger partial charge on any atom is 0.162 e. The summed E-state index contributed by atoms with van der Waals surface area (Å²) in [5, 5.41) is 3.25. The van der Waals surface area contributed by atoms with Crippen molar-refractivity contribution >= 4 is 5.78 Å². The lowest BCUT2D eigenvalue weighted by atomic mass is 10.1. The van der Waals surface area contributed by atoms with E-state index in [2.05, 4.69) is 5.32 Å². The fourth-order valence-electron chi connectivity index (χ4n) is 1.78. The smallest absolute Gasteiger partial charge is 0.162 e. The van der Waals surface area contributed by atoms with Gasteiger partial charge in [0.15, 0.2) is 5.78 Å². The molecule has 19 heavy (non-hydrogen) atoms. The van der Waals surface area contributed by atoms with Crippen LogP contribution in [0.2, 0.25) is 0 Å². The summed E-state index contributed by atoms with van der Waals surface area (Å²) < 4.78 is 13.7.